The molecular formula is C20H26N2O2. The van der Waals surface area contributed by atoms with Crippen molar-refractivity contribution in [3.63, 3.8) is 0 Å². The van der Waals surface area contributed by atoms with Crippen molar-refractivity contribution in [2.75, 3.05) is 11.9 Å². The maximum absolute atomic E-state index is 12.2. The van der Waals surface area contributed by atoms with E-state index in [2.05, 4.69) is 23.6 Å². The molecule has 0 heterocycles. The molecule has 0 aromatic heterocycles. The van der Waals surface area contributed by atoms with Crippen molar-refractivity contribution in [1.29, 1.82) is 0 Å². The number of benzene rings is 2. The van der Waals surface area contributed by atoms with E-state index in [1.165, 1.54) is 18.4 Å². The number of aliphatic hydroxyl groups excluding tert-OH is 1. The first-order chi connectivity index (χ1) is 11.7. The standard InChI is InChI=1S/C20H26N2O2/c1-2-3-5-9-16-10-8-13-18(14-16)21-20(24)22-19(15-23)17-11-6-4-7-12-17/h4,6-8,10-14,19,23H,2-3,5,9,15H2,1H3,(H2,21,22,24)/t19-/m0/s1. The first-order valence-electron chi connectivity index (χ1n) is 8.55. The molecule has 0 saturated carbocycles. The molecule has 2 aromatic carbocycles. The van der Waals surface area contributed by atoms with Gasteiger partial charge in [0.25, 0.3) is 0 Å². The van der Waals surface area contributed by atoms with Gasteiger partial charge in [-0.15, -0.1) is 0 Å². The summed E-state index contributed by atoms with van der Waals surface area (Å²) in [6.45, 7) is 2.04. The Kier molecular flexibility index (Phi) is 7.30. The summed E-state index contributed by atoms with van der Waals surface area (Å²) in [5.41, 5.74) is 2.87. The molecule has 2 amide bonds. The Hall–Kier alpha value is -2.33. The molecule has 0 radical (unpaired) electrons. The minimum Gasteiger partial charge on any atom is -0.394 e. The van der Waals surface area contributed by atoms with Crippen LogP contribution in [0.1, 0.15) is 43.4 Å². The number of aryl methyl sites for hydroxylation is 1. The van der Waals surface area contributed by atoms with Gasteiger partial charge in [0.05, 0.1) is 12.6 Å². The van der Waals surface area contributed by atoms with Crippen LogP contribution in [0.25, 0.3) is 0 Å². The monoisotopic (exact) mass is 326 g/mol. The first-order valence-corrected chi connectivity index (χ1v) is 8.55. The van der Waals surface area contributed by atoms with E-state index in [0.29, 0.717) is 0 Å². The first kappa shape index (κ1) is 18.0. The third-order valence-electron chi connectivity index (χ3n) is 3.94. The van der Waals surface area contributed by atoms with Gasteiger partial charge >= 0.3 is 6.03 Å². The predicted molar refractivity (Wildman–Crippen MR) is 98.1 cm³/mol. The van der Waals surface area contributed by atoms with Crippen LogP contribution >= 0.6 is 0 Å². The highest BCUT2D eigenvalue weighted by atomic mass is 16.3. The van der Waals surface area contributed by atoms with Crippen molar-refractivity contribution in [2.45, 2.75) is 38.6 Å². The smallest absolute Gasteiger partial charge is 0.319 e. The van der Waals surface area contributed by atoms with Gasteiger partial charge in [-0.05, 0) is 36.1 Å². The van der Waals surface area contributed by atoms with Gasteiger partial charge in [0.1, 0.15) is 0 Å². The highest BCUT2D eigenvalue weighted by Gasteiger charge is 2.13. The highest BCUT2D eigenvalue weighted by Crippen LogP contribution is 2.15. The van der Waals surface area contributed by atoms with E-state index in [0.717, 1.165) is 24.1 Å². The molecule has 0 aliphatic rings. The van der Waals surface area contributed by atoms with Crippen molar-refractivity contribution in [3.8, 4) is 0 Å². The van der Waals surface area contributed by atoms with Gasteiger partial charge in [-0.25, -0.2) is 4.79 Å². The van der Waals surface area contributed by atoms with Gasteiger partial charge in [-0.1, -0.05) is 62.2 Å². The van der Waals surface area contributed by atoms with Gasteiger partial charge in [0.15, 0.2) is 0 Å². The summed E-state index contributed by atoms with van der Waals surface area (Å²) < 4.78 is 0. The van der Waals surface area contributed by atoms with Crippen LogP contribution in [0.2, 0.25) is 0 Å². The third kappa shape index (κ3) is 5.70. The van der Waals surface area contributed by atoms with E-state index in [1.54, 1.807) is 0 Å². The van der Waals surface area contributed by atoms with E-state index in [1.807, 2.05) is 48.5 Å². The van der Waals surface area contributed by atoms with E-state index in [9.17, 15) is 9.90 Å². The second-order valence-electron chi connectivity index (χ2n) is 5.90. The summed E-state index contributed by atoms with van der Waals surface area (Å²) in [5.74, 6) is 0. The summed E-state index contributed by atoms with van der Waals surface area (Å²) in [5, 5.41) is 15.2. The Morgan fingerprint density at radius 3 is 2.58 bits per heavy atom. The fraction of sp³-hybridized carbons (Fsp3) is 0.350. The second kappa shape index (κ2) is 9.73. The number of hydrogen-bond donors (Lipinski definition) is 3. The van der Waals surface area contributed by atoms with E-state index < -0.39 is 6.04 Å². The zero-order chi connectivity index (χ0) is 17.2. The molecule has 24 heavy (non-hydrogen) atoms. The van der Waals surface area contributed by atoms with Crippen LogP contribution in [0.3, 0.4) is 0 Å². The number of carbonyl (C=O) groups excluding carboxylic acids is 1. The normalized spacial score (nSPS) is 11.8. The molecule has 4 heteroatoms. The number of unbranched alkanes of at least 4 members (excludes halogenated alkanes) is 2. The molecule has 0 aliphatic carbocycles. The Bertz CT molecular complexity index is 629. The number of anilines is 1. The molecule has 0 aliphatic heterocycles. The van der Waals surface area contributed by atoms with E-state index >= 15 is 0 Å². The summed E-state index contributed by atoms with van der Waals surface area (Å²) in [6, 6.07) is 16.6. The van der Waals surface area contributed by atoms with Crippen molar-refractivity contribution in [1.82, 2.24) is 5.32 Å². The minimum atomic E-state index is -0.418. The molecular weight excluding hydrogens is 300 g/mol. The molecule has 128 valence electrons. The van der Waals surface area contributed by atoms with Gasteiger partial charge in [-0.3, -0.25) is 0 Å². The van der Waals surface area contributed by atoms with Crippen molar-refractivity contribution < 1.29 is 9.90 Å². The van der Waals surface area contributed by atoms with Gasteiger partial charge < -0.3 is 15.7 Å². The van der Waals surface area contributed by atoms with Gasteiger partial charge in [0.2, 0.25) is 0 Å². The molecule has 0 bridgehead atoms. The Balaban J connectivity index is 1.92. The largest absolute Gasteiger partial charge is 0.394 e. The third-order valence-corrected chi connectivity index (χ3v) is 3.94. The summed E-state index contributed by atoms with van der Waals surface area (Å²) in [6.07, 6.45) is 4.59. The van der Waals surface area contributed by atoms with Crippen LogP contribution in [-0.4, -0.2) is 17.7 Å². The van der Waals surface area contributed by atoms with Gasteiger partial charge in [-0.2, -0.15) is 0 Å². The number of nitrogens with one attached hydrogen (secondary N) is 2. The quantitative estimate of drug-likeness (QED) is 0.634. The van der Waals surface area contributed by atoms with Crippen molar-refractivity contribution in [2.24, 2.45) is 0 Å². The molecule has 3 N–H and O–H groups in total. The summed E-state index contributed by atoms with van der Waals surface area (Å²) >= 11 is 0. The van der Waals surface area contributed by atoms with Crippen LogP contribution in [0.15, 0.2) is 54.6 Å². The molecule has 0 spiro atoms. The summed E-state index contributed by atoms with van der Waals surface area (Å²) in [4.78, 5) is 12.2. The molecule has 1 atom stereocenters. The lowest BCUT2D eigenvalue weighted by atomic mass is 10.1. The number of aliphatic hydroxyl groups is 1. The Morgan fingerprint density at radius 2 is 1.88 bits per heavy atom. The maximum Gasteiger partial charge on any atom is 0.319 e. The SMILES string of the molecule is CCCCCc1cccc(NC(=O)N[C@@H](CO)c2ccccc2)c1. The molecule has 0 unspecified atom stereocenters. The van der Waals surface area contributed by atoms with Crippen LogP contribution in [-0.2, 0) is 6.42 Å². The number of rotatable bonds is 8. The van der Waals surface area contributed by atoms with Crippen LogP contribution in [0.5, 0.6) is 0 Å². The average Bonchev–Trinajstić information content (AvgIpc) is 2.61. The number of hydrogen-bond acceptors (Lipinski definition) is 2. The second-order valence-corrected chi connectivity index (χ2v) is 5.90. The zero-order valence-electron chi connectivity index (χ0n) is 14.2. The van der Waals surface area contributed by atoms with Crippen LogP contribution in [0, 0.1) is 0 Å². The Labute approximate surface area is 143 Å². The molecule has 2 aromatic rings. The molecule has 4 nitrogen and oxygen atoms in total. The topological polar surface area (TPSA) is 61.4 Å². The van der Waals surface area contributed by atoms with Crippen molar-refractivity contribution in [3.05, 3.63) is 65.7 Å². The fourth-order valence-corrected chi connectivity index (χ4v) is 2.63. The lowest BCUT2D eigenvalue weighted by Gasteiger charge is -2.17. The Morgan fingerprint density at radius 1 is 1.08 bits per heavy atom. The van der Waals surface area contributed by atoms with Crippen LogP contribution < -0.4 is 10.6 Å². The molecule has 2 rings (SSSR count). The van der Waals surface area contributed by atoms with Gasteiger partial charge in [0, 0.05) is 5.69 Å². The maximum atomic E-state index is 12.2. The van der Waals surface area contributed by atoms with Crippen LogP contribution in [0.4, 0.5) is 10.5 Å². The fourth-order valence-electron chi connectivity index (χ4n) is 2.63. The number of amides is 2. The lowest BCUT2D eigenvalue weighted by Crippen LogP contribution is -2.34. The minimum absolute atomic E-state index is 0.144. The molecule has 0 saturated heterocycles. The van der Waals surface area contributed by atoms with E-state index in [4.69, 9.17) is 0 Å². The zero-order valence-corrected chi connectivity index (χ0v) is 14.2. The molecule has 0 fully saturated rings. The predicted octanol–water partition coefficient (Wildman–Crippen LogP) is 4.27. The average molecular weight is 326 g/mol. The van der Waals surface area contributed by atoms with E-state index in [-0.39, 0.29) is 12.6 Å². The van der Waals surface area contributed by atoms with Crippen molar-refractivity contribution >= 4 is 11.7 Å². The number of carbonyl (C=O) groups is 1. The highest BCUT2D eigenvalue weighted by molar-refractivity contribution is 5.89. The lowest BCUT2D eigenvalue weighted by molar-refractivity contribution is 0.225. The number of urea groups is 1. The summed E-state index contributed by atoms with van der Waals surface area (Å²) in [7, 11) is 0.